The first-order valence-corrected chi connectivity index (χ1v) is 11.2. The molecule has 1 saturated carbocycles. The molecule has 1 aromatic rings. The molecule has 25 heavy (non-hydrogen) atoms. The van der Waals surface area contributed by atoms with Crippen LogP contribution in [0, 0.1) is 5.92 Å². The van der Waals surface area contributed by atoms with Crippen molar-refractivity contribution >= 4 is 10.0 Å². The lowest BCUT2D eigenvalue weighted by molar-refractivity contribution is -0.00402. The van der Waals surface area contributed by atoms with E-state index in [1.807, 2.05) is 0 Å². The lowest BCUT2D eigenvalue weighted by Crippen LogP contribution is -2.51. The second kappa shape index (κ2) is 8.62. The van der Waals surface area contributed by atoms with Gasteiger partial charge in [-0.25, -0.2) is 13.1 Å². The maximum absolute atomic E-state index is 11.5. The van der Waals surface area contributed by atoms with Gasteiger partial charge in [-0.05, 0) is 50.1 Å². The van der Waals surface area contributed by atoms with Gasteiger partial charge < -0.3 is 10.1 Å². The molecule has 1 heterocycles. The van der Waals surface area contributed by atoms with Crippen molar-refractivity contribution in [2.45, 2.75) is 50.2 Å². The van der Waals surface area contributed by atoms with E-state index >= 15 is 0 Å². The quantitative estimate of drug-likeness (QED) is 0.810. The fourth-order valence-corrected chi connectivity index (χ4v) is 4.94. The maximum atomic E-state index is 11.5. The molecule has 5 nitrogen and oxygen atoms in total. The molecule has 6 heteroatoms. The highest BCUT2D eigenvalue weighted by atomic mass is 32.2. The van der Waals surface area contributed by atoms with Crippen molar-refractivity contribution in [3.8, 4) is 0 Å². The zero-order chi connectivity index (χ0) is 17.7. The molecule has 1 aliphatic carbocycles. The minimum absolute atomic E-state index is 0.0168. The first-order valence-electron chi connectivity index (χ1n) is 9.36. The van der Waals surface area contributed by atoms with Gasteiger partial charge in [0.2, 0.25) is 10.0 Å². The molecule has 1 aromatic carbocycles. The van der Waals surface area contributed by atoms with E-state index in [0.29, 0.717) is 18.6 Å². The van der Waals surface area contributed by atoms with Crippen LogP contribution in [0.3, 0.4) is 0 Å². The molecule has 0 spiro atoms. The number of ether oxygens (including phenoxy) is 1. The van der Waals surface area contributed by atoms with Crippen molar-refractivity contribution in [3.63, 3.8) is 0 Å². The molecule has 0 amide bonds. The van der Waals surface area contributed by atoms with E-state index in [9.17, 15) is 8.42 Å². The summed E-state index contributed by atoms with van der Waals surface area (Å²) in [4.78, 5) is 0. The van der Waals surface area contributed by atoms with Gasteiger partial charge in [-0.15, -0.1) is 0 Å². The summed E-state index contributed by atoms with van der Waals surface area (Å²) in [5.74, 6) is 0.854. The third-order valence-corrected chi connectivity index (χ3v) is 6.20. The summed E-state index contributed by atoms with van der Waals surface area (Å²) in [5.41, 5.74) is 1.44. The van der Waals surface area contributed by atoms with E-state index in [4.69, 9.17) is 4.74 Å². The third kappa shape index (κ3) is 5.78. The number of rotatable bonds is 6. The van der Waals surface area contributed by atoms with Crippen LogP contribution in [0.4, 0.5) is 0 Å². The SMILES string of the molecule is CS(=O)(=O)N[C@H]1CCNC[C@H]1COC1CCC(c2ccccc2)CC1. The van der Waals surface area contributed by atoms with E-state index in [-0.39, 0.29) is 12.0 Å². The van der Waals surface area contributed by atoms with Crippen LogP contribution in [0.1, 0.15) is 43.6 Å². The van der Waals surface area contributed by atoms with Crippen LogP contribution in [0.2, 0.25) is 0 Å². The van der Waals surface area contributed by atoms with E-state index in [0.717, 1.165) is 32.4 Å². The van der Waals surface area contributed by atoms with Gasteiger partial charge in [-0.1, -0.05) is 30.3 Å². The number of nitrogens with one attached hydrogen (secondary N) is 2. The summed E-state index contributed by atoms with van der Waals surface area (Å²) in [6, 6.07) is 10.7. The molecule has 0 unspecified atom stereocenters. The second-order valence-corrected chi connectivity index (χ2v) is 9.25. The maximum Gasteiger partial charge on any atom is 0.208 e. The Morgan fingerprint density at radius 2 is 1.84 bits per heavy atom. The van der Waals surface area contributed by atoms with Crippen molar-refractivity contribution < 1.29 is 13.2 Å². The van der Waals surface area contributed by atoms with Gasteiger partial charge in [-0.3, -0.25) is 0 Å². The monoisotopic (exact) mass is 366 g/mol. The number of hydrogen-bond donors (Lipinski definition) is 2. The Balaban J connectivity index is 1.45. The molecular weight excluding hydrogens is 336 g/mol. The minimum Gasteiger partial charge on any atom is -0.378 e. The zero-order valence-electron chi connectivity index (χ0n) is 15.0. The lowest BCUT2D eigenvalue weighted by Gasteiger charge is -2.34. The summed E-state index contributed by atoms with van der Waals surface area (Å²) < 4.78 is 32.1. The zero-order valence-corrected chi connectivity index (χ0v) is 15.8. The van der Waals surface area contributed by atoms with Gasteiger partial charge in [-0.2, -0.15) is 0 Å². The van der Waals surface area contributed by atoms with E-state index in [1.165, 1.54) is 24.7 Å². The minimum atomic E-state index is -3.17. The number of piperidine rings is 1. The predicted octanol–water partition coefficient (Wildman–Crippen LogP) is 2.26. The standard InChI is InChI=1S/C19H30N2O3S/c1-25(22,23)21-19-11-12-20-13-17(19)14-24-18-9-7-16(8-10-18)15-5-3-2-4-6-15/h2-6,16-21H,7-14H2,1H3/t16?,17-,18?,19-/m0/s1. The molecule has 2 atom stereocenters. The predicted molar refractivity (Wildman–Crippen MR) is 100 cm³/mol. The van der Waals surface area contributed by atoms with Gasteiger partial charge >= 0.3 is 0 Å². The van der Waals surface area contributed by atoms with Crippen LogP contribution < -0.4 is 10.0 Å². The highest BCUT2D eigenvalue weighted by Gasteiger charge is 2.29. The largest absolute Gasteiger partial charge is 0.378 e. The van der Waals surface area contributed by atoms with Crippen LogP contribution >= 0.6 is 0 Å². The Morgan fingerprint density at radius 1 is 1.12 bits per heavy atom. The Kier molecular flexibility index (Phi) is 6.49. The van der Waals surface area contributed by atoms with Gasteiger partial charge in [0.25, 0.3) is 0 Å². The normalized spacial score (nSPS) is 30.9. The van der Waals surface area contributed by atoms with E-state index < -0.39 is 10.0 Å². The molecular formula is C19H30N2O3S. The summed E-state index contributed by atoms with van der Waals surface area (Å²) >= 11 is 0. The highest BCUT2D eigenvalue weighted by molar-refractivity contribution is 7.88. The third-order valence-electron chi connectivity index (χ3n) is 5.46. The summed E-state index contributed by atoms with van der Waals surface area (Å²) in [6.07, 6.45) is 6.87. The van der Waals surface area contributed by atoms with Crippen LogP contribution in [-0.2, 0) is 14.8 Å². The van der Waals surface area contributed by atoms with Crippen molar-refractivity contribution in [2.24, 2.45) is 5.92 Å². The Bertz CT molecular complexity index is 627. The van der Waals surface area contributed by atoms with Crippen LogP contribution in [-0.4, -0.2) is 46.5 Å². The fourth-order valence-electron chi connectivity index (χ4n) is 4.08. The molecule has 2 fully saturated rings. The first kappa shape index (κ1) is 18.8. The Labute approximate surface area is 151 Å². The van der Waals surface area contributed by atoms with Gasteiger partial charge in [0.05, 0.1) is 19.0 Å². The number of sulfonamides is 1. The van der Waals surface area contributed by atoms with Crippen LogP contribution in [0.15, 0.2) is 30.3 Å². The smallest absolute Gasteiger partial charge is 0.208 e. The van der Waals surface area contributed by atoms with Gasteiger partial charge in [0, 0.05) is 18.5 Å². The molecule has 0 bridgehead atoms. The second-order valence-electron chi connectivity index (χ2n) is 7.47. The summed E-state index contributed by atoms with van der Waals surface area (Å²) in [7, 11) is -3.17. The lowest BCUT2D eigenvalue weighted by atomic mass is 9.82. The van der Waals surface area contributed by atoms with Gasteiger partial charge in [0.1, 0.15) is 0 Å². The molecule has 0 radical (unpaired) electrons. The topological polar surface area (TPSA) is 67.4 Å². The highest BCUT2D eigenvalue weighted by Crippen LogP contribution is 2.34. The summed E-state index contributed by atoms with van der Waals surface area (Å²) in [6.45, 7) is 2.29. The van der Waals surface area contributed by atoms with Crippen LogP contribution in [0.25, 0.3) is 0 Å². The average Bonchev–Trinajstić information content (AvgIpc) is 2.61. The van der Waals surface area contributed by atoms with Crippen molar-refractivity contribution in [1.29, 1.82) is 0 Å². The van der Waals surface area contributed by atoms with E-state index in [2.05, 4.69) is 40.4 Å². The molecule has 3 rings (SSSR count). The first-order chi connectivity index (χ1) is 12.0. The van der Waals surface area contributed by atoms with Crippen molar-refractivity contribution in [3.05, 3.63) is 35.9 Å². The molecule has 0 aromatic heterocycles. The molecule has 1 saturated heterocycles. The summed E-state index contributed by atoms with van der Waals surface area (Å²) in [5, 5.41) is 3.35. The Hall–Kier alpha value is -0.950. The molecule has 1 aliphatic heterocycles. The van der Waals surface area contributed by atoms with Crippen LogP contribution in [0.5, 0.6) is 0 Å². The fraction of sp³-hybridized carbons (Fsp3) is 0.684. The Morgan fingerprint density at radius 3 is 2.52 bits per heavy atom. The van der Waals surface area contributed by atoms with Gasteiger partial charge in [0.15, 0.2) is 0 Å². The van der Waals surface area contributed by atoms with Crippen molar-refractivity contribution in [2.75, 3.05) is 26.0 Å². The van der Waals surface area contributed by atoms with Crippen molar-refractivity contribution in [1.82, 2.24) is 10.0 Å². The molecule has 140 valence electrons. The van der Waals surface area contributed by atoms with E-state index in [1.54, 1.807) is 0 Å². The number of hydrogen-bond acceptors (Lipinski definition) is 4. The molecule has 2 aliphatic rings. The molecule has 2 N–H and O–H groups in total. The average molecular weight is 367 g/mol. The number of benzene rings is 1.